The van der Waals surface area contributed by atoms with E-state index < -0.39 is 29.2 Å². The Morgan fingerprint density at radius 1 is 1.10 bits per heavy atom. The number of carbonyl (C=O) groups excluding carboxylic acids is 2. The second-order valence-electron chi connectivity index (χ2n) is 6.60. The maximum Gasteiger partial charge on any atom is 0.261 e. The van der Waals surface area contributed by atoms with Crippen LogP contribution in [0.2, 0.25) is 0 Å². The number of carbonyl (C=O) groups is 2. The van der Waals surface area contributed by atoms with Gasteiger partial charge >= 0.3 is 0 Å². The maximum absolute atomic E-state index is 13.7. The van der Waals surface area contributed by atoms with Crippen molar-refractivity contribution in [2.45, 2.75) is 6.04 Å². The first-order valence-electron chi connectivity index (χ1n) is 9.02. The van der Waals surface area contributed by atoms with E-state index >= 15 is 0 Å². The molecule has 0 unspecified atom stereocenters. The molecule has 3 aromatic rings. The Bertz CT molecular complexity index is 1130. The lowest BCUT2D eigenvalue weighted by molar-refractivity contribution is -0.128. The summed E-state index contributed by atoms with van der Waals surface area (Å²) in [6, 6.07) is 11.1. The fourth-order valence-corrected chi connectivity index (χ4v) is 3.39. The van der Waals surface area contributed by atoms with Gasteiger partial charge in [0.15, 0.2) is 0 Å². The van der Waals surface area contributed by atoms with E-state index in [1.54, 1.807) is 36.7 Å². The Morgan fingerprint density at radius 2 is 1.90 bits per heavy atom. The fraction of sp³-hybridized carbons (Fsp3) is 0.143. The van der Waals surface area contributed by atoms with Crippen LogP contribution in [0.15, 0.2) is 65.7 Å². The number of pyridine rings is 2. The van der Waals surface area contributed by atoms with Crippen molar-refractivity contribution in [2.75, 3.05) is 13.1 Å². The quantitative estimate of drug-likeness (QED) is 0.712. The van der Waals surface area contributed by atoms with E-state index in [4.69, 9.17) is 0 Å². The molecule has 8 heteroatoms. The van der Waals surface area contributed by atoms with E-state index in [9.17, 15) is 18.8 Å². The molecule has 1 aromatic carbocycles. The molecule has 3 heterocycles. The summed E-state index contributed by atoms with van der Waals surface area (Å²) >= 11 is 0. The first kappa shape index (κ1) is 18.5. The molecule has 1 aliphatic heterocycles. The second-order valence-corrected chi connectivity index (χ2v) is 6.60. The molecule has 0 radical (unpaired) electrons. The number of piperazine rings is 1. The number of nitrogens with one attached hydrogen (secondary N) is 2. The maximum atomic E-state index is 13.7. The Morgan fingerprint density at radius 3 is 2.62 bits per heavy atom. The number of amides is 2. The van der Waals surface area contributed by atoms with Crippen LogP contribution in [0.1, 0.15) is 22.0 Å². The first-order valence-corrected chi connectivity index (χ1v) is 9.02. The molecule has 146 valence electrons. The Hall–Kier alpha value is -3.81. The monoisotopic (exact) mass is 392 g/mol. The zero-order valence-electron chi connectivity index (χ0n) is 15.3. The predicted octanol–water partition coefficient (Wildman–Crippen LogP) is 1.89. The van der Waals surface area contributed by atoms with Crippen molar-refractivity contribution in [1.82, 2.24) is 20.2 Å². The van der Waals surface area contributed by atoms with Gasteiger partial charge in [0.05, 0.1) is 0 Å². The third-order valence-electron chi connectivity index (χ3n) is 4.77. The summed E-state index contributed by atoms with van der Waals surface area (Å²) in [4.78, 5) is 46.1. The van der Waals surface area contributed by atoms with Crippen LogP contribution < -0.4 is 10.9 Å². The van der Waals surface area contributed by atoms with Crippen molar-refractivity contribution in [3.63, 3.8) is 0 Å². The topological polar surface area (TPSA) is 95.2 Å². The van der Waals surface area contributed by atoms with Crippen molar-refractivity contribution in [2.24, 2.45) is 0 Å². The smallest absolute Gasteiger partial charge is 0.261 e. The van der Waals surface area contributed by atoms with Crippen LogP contribution in [0.25, 0.3) is 11.3 Å². The summed E-state index contributed by atoms with van der Waals surface area (Å²) in [5, 5.41) is 2.68. The molecule has 0 saturated carbocycles. The van der Waals surface area contributed by atoms with Crippen molar-refractivity contribution >= 4 is 11.8 Å². The van der Waals surface area contributed by atoms with Gasteiger partial charge < -0.3 is 15.2 Å². The van der Waals surface area contributed by atoms with Gasteiger partial charge in [0.25, 0.3) is 11.5 Å². The largest absolute Gasteiger partial charge is 0.352 e. The van der Waals surface area contributed by atoms with E-state index in [2.05, 4.69) is 15.3 Å². The molecule has 2 N–H and O–H groups in total. The molecular formula is C21H17FN4O3. The van der Waals surface area contributed by atoms with Gasteiger partial charge in [-0.2, -0.15) is 0 Å². The normalized spacial score (nSPS) is 16.4. The van der Waals surface area contributed by atoms with Crippen LogP contribution in [-0.4, -0.2) is 39.8 Å². The molecule has 0 spiro atoms. The van der Waals surface area contributed by atoms with Crippen LogP contribution in [-0.2, 0) is 4.79 Å². The van der Waals surface area contributed by atoms with Gasteiger partial charge in [-0.05, 0) is 42.0 Å². The average Bonchev–Trinajstić information content (AvgIpc) is 2.73. The lowest BCUT2D eigenvalue weighted by Crippen LogP contribution is -2.52. The average molecular weight is 392 g/mol. The molecule has 4 rings (SSSR count). The molecule has 0 aliphatic carbocycles. The molecule has 2 amide bonds. The number of aromatic nitrogens is 2. The number of rotatable bonds is 3. The van der Waals surface area contributed by atoms with Crippen LogP contribution in [0.3, 0.4) is 0 Å². The highest BCUT2D eigenvalue weighted by molar-refractivity contribution is 5.98. The molecule has 1 fully saturated rings. The van der Waals surface area contributed by atoms with Crippen LogP contribution >= 0.6 is 0 Å². The van der Waals surface area contributed by atoms with Gasteiger partial charge in [0.1, 0.15) is 17.4 Å². The molecule has 1 atom stereocenters. The predicted molar refractivity (Wildman–Crippen MR) is 103 cm³/mol. The van der Waals surface area contributed by atoms with Gasteiger partial charge in [-0.3, -0.25) is 19.4 Å². The lowest BCUT2D eigenvalue weighted by atomic mass is 10.0. The van der Waals surface area contributed by atoms with E-state index in [-0.39, 0.29) is 18.7 Å². The Balaban J connectivity index is 1.69. The first-order chi connectivity index (χ1) is 14.0. The van der Waals surface area contributed by atoms with E-state index in [1.807, 2.05) is 0 Å². The minimum atomic E-state index is -1.01. The number of hydrogen-bond donors (Lipinski definition) is 2. The number of H-pyrrole nitrogens is 1. The molecule has 29 heavy (non-hydrogen) atoms. The second kappa shape index (κ2) is 7.67. The highest BCUT2D eigenvalue weighted by Gasteiger charge is 2.35. The van der Waals surface area contributed by atoms with Crippen molar-refractivity contribution in [3.8, 4) is 11.3 Å². The van der Waals surface area contributed by atoms with E-state index in [0.717, 1.165) is 5.56 Å². The van der Waals surface area contributed by atoms with Crippen LogP contribution in [0.4, 0.5) is 4.39 Å². The minimum Gasteiger partial charge on any atom is -0.352 e. The summed E-state index contributed by atoms with van der Waals surface area (Å²) in [6.07, 6.45) is 3.20. The Labute approximate surface area is 165 Å². The van der Waals surface area contributed by atoms with Crippen molar-refractivity contribution < 1.29 is 14.0 Å². The molecule has 0 bridgehead atoms. The SMILES string of the molecule is O=C1NCCN(C(=O)c2ccc(-c3ccncc3)[nH]c2=O)[C@@H]1c1cccc(F)c1. The molecule has 1 aliphatic rings. The third kappa shape index (κ3) is 3.64. The number of aromatic amines is 1. The Kier molecular flexibility index (Phi) is 4.90. The third-order valence-corrected chi connectivity index (χ3v) is 4.77. The van der Waals surface area contributed by atoms with Gasteiger partial charge in [-0.15, -0.1) is 0 Å². The number of halogens is 1. The number of benzene rings is 1. The number of nitrogens with zero attached hydrogens (tertiary/aromatic N) is 2. The number of hydrogen-bond acceptors (Lipinski definition) is 4. The van der Waals surface area contributed by atoms with E-state index in [1.165, 1.54) is 29.2 Å². The van der Waals surface area contributed by atoms with E-state index in [0.29, 0.717) is 11.3 Å². The minimum absolute atomic E-state index is 0.0843. The summed E-state index contributed by atoms with van der Waals surface area (Å²) in [5.41, 5.74) is 1.01. The zero-order chi connectivity index (χ0) is 20.4. The van der Waals surface area contributed by atoms with Crippen LogP contribution in [0.5, 0.6) is 0 Å². The summed E-state index contributed by atoms with van der Waals surface area (Å²) < 4.78 is 13.7. The highest BCUT2D eigenvalue weighted by Crippen LogP contribution is 2.25. The van der Waals surface area contributed by atoms with Gasteiger partial charge in [-0.1, -0.05) is 12.1 Å². The summed E-state index contributed by atoms with van der Waals surface area (Å²) in [5.74, 6) is -1.51. The lowest BCUT2D eigenvalue weighted by Gasteiger charge is -2.35. The molecule has 2 aromatic heterocycles. The fourth-order valence-electron chi connectivity index (χ4n) is 3.39. The zero-order valence-corrected chi connectivity index (χ0v) is 15.3. The van der Waals surface area contributed by atoms with Gasteiger partial charge in [-0.25, -0.2) is 4.39 Å². The summed E-state index contributed by atoms with van der Waals surface area (Å²) in [7, 11) is 0. The molecule has 1 saturated heterocycles. The van der Waals surface area contributed by atoms with Gasteiger partial charge in [0, 0.05) is 36.7 Å². The molecular weight excluding hydrogens is 375 g/mol. The highest BCUT2D eigenvalue weighted by atomic mass is 19.1. The standard InChI is InChI=1S/C21H17FN4O3/c22-15-3-1-2-14(12-15)18-20(28)24-10-11-26(18)21(29)16-4-5-17(25-19(16)27)13-6-8-23-9-7-13/h1-9,12,18H,10-11H2,(H,24,28)(H,25,27)/t18-/m1/s1. The summed E-state index contributed by atoms with van der Waals surface area (Å²) in [6.45, 7) is 0.459. The van der Waals surface area contributed by atoms with Crippen molar-refractivity contribution in [3.05, 3.63) is 88.2 Å². The van der Waals surface area contributed by atoms with Crippen LogP contribution in [0, 0.1) is 5.82 Å². The van der Waals surface area contributed by atoms with Gasteiger partial charge in [0.2, 0.25) is 5.91 Å². The molecule has 7 nitrogen and oxygen atoms in total. The van der Waals surface area contributed by atoms with Crippen molar-refractivity contribution in [1.29, 1.82) is 0 Å².